The summed E-state index contributed by atoms with van der Waals surface area (Å²) < 4.78 is 6.42. The second kappa shape index (κ2) is 7.00. The lowest BCUT2D eigenvalue weighted by Gasteiger charge is -2.37. The molecule has 1 aliphatic heterocycles. The Labute approximate surface area is 161 Å². The lowest BCUT2D eigenvalue weighted by atomic mass is 10.2. The zero-order valence-corrected chi connectivity index (χ0v) is 16.9. The number of halogens is 2. The van der Waals surface area contributed by atoms with Gasteiger partial charge in [-0.2, -0.15) is 0 Å². The molecular formula is C18H21BrClN3O2. The standard InChI is InChI=1S/C18H21BrClN3O2/c1-18(2,3)25-17(24)23-8-6-22(7-9-23)15-11-21-14-5-4-12(20)10-13(14)16(15)19/h4-5,10-11H,6-9H2,1-3H3. The molecule has 134 valence electrons. The topological polar surface area (TPSA) is 45.7 Å². The molecule has 25 heavy (non-hydrogen) atoms. The maximum absolute atomic E-state index is 12.2. The van der Waals surface area contributed by atoms with Crippen LogP contribution < -0.4 is 4.90 Å². The SMILES string of the molecule is CC(C)(C)OC(=O)N1CCN(c2cnc3ccc(Cl)cc3c2Br)CC1. The normalized spacial score (nSPS) is 15.6. The fourth-order valence-electron chi connectivity index (χ4n) is 2.80. The molecule has 1 aromatic heterocycles. The van der Waals surface area contributed by atoms with Gasteiger partial charge < -0.3 is 14.5 Å². The van der Waals surface area contributed by atoms with Crippen molar-refractivity contribution in [3.8, 4) is 0 Å². The number of benzene rings is 1. The number of nitrogens with zero attached hydrogens (tertiary/aromatic N) is 3. The van der Waals surface area contributed by atoms with E-state index in [2.05, 4.69) is 25.8 Å². The van der Waals surface area contributed by atoms with E-state index in [9.17, 15) is 4.79 Å². The molecule has 1 saturated heterocycles. The molecule has 0 aliphatic carbocycles. The van der Waals surface area contributed by atoms with Crippen LogP contribution in [0, 0.1) is 0 Å². The Morgan fingerprint density at radius 3 is 2.56 bits per heavy atom. The summed E-state index contributed by atoms with van der Waals surface area (Å²) in [4.78, 5) is 20.7. The molecule has 0 N–H and O–H groups in total. The third-order valence-corrected chi connectivity index (χ3v) is 5.09. The van der Waals surface area contributed by atoms with E-state index in [0.29, 0.717) is 18.1 Å². The number of ether oxygens (including phenoxy) is 1. The van der Waals surface area contributed by atoms with Crippen molar-refractivity contribution in [1.29, 1.82) is 0 Å². The van der Waals surface area contributed by atoms with E-state index < -0.39 is 5.60 Å². The number of piperazine rings is 1. The van der Waals surface area contributed by atoms with Gasteiger partial charge in [0.1, 0.15) is 5.60 Å². The molecule has 3 rings (SSSR count). The fraction of sp³-hybridized carbons (Fsp3) is 0.444. The molecule has 0 bridgehead atoms. The molecule has 1 fully saturated rings. The molecule has 0 saturated carbocycles. The Hall–Kier alpha value is -1.53. The molecule has 2 aromatic rings. The second-order valence-corrected chi connectivity index (χ2v) is 8.30. The Kier molecular flexibility index (Phi) is 5.11. The number of hydrogen-bond acceptors (Lipinski definition) is 4. The summed E-state index contributed by atoms with van der Waals surface area (Å²) >= 11 is 9.80. The van der Waals surface area contributed by atoms with Gasteiger partial charge in [0.25, 0.3) is 0 Å². The quantitative estimate of drug-likeness (QED) is 0.662. The molecule has 0 radical (unpaired) electrons. The summed E-state index contributed by atoms with van der Waals surface area (Å²) in [5.41, 5.74) is 1.43. The minimum atomic E-state index is -0.473. The Morgan fingerprint density at radius 1 is 1.24 bits per heavy atom. The molecule has 5 nitrogen and oxygen atoms in total. The summed E-state index contributed by atoms with van der Waals surface area (Å²) in [5, 5.41) is 1.67. The van der Waals surface area contributed by atoms with Gasteiger partial charge >= 0.3 is 6.09 Å². The molecule has 0 unspecified atom stereocenters. The highest BCUT2D eigenvalue weighted by atomic mass is 79.9. The average Bonchev–Trinajstić information content (AvgIpc) is 2.54. The molecule has 2 heterocycles. The first kappa shape index (κ1) is 18.3. The summed E-state index contributed by atoms with van der Waals surface area (Å²) in [7, 11) is 0. The van der Waals surface area contributed by atoms with Crippen LogP contribution in [0.2, 0.25) is 5.02 Å². The second-order valence-electron chi connectivity index (χ2n) is 7.07. The van der Waals surface area contributed by atoms with Gasteiger partial charge in [-0.1, -0.05) is 11.6 Å². The van der Waals surface area contributed by atoms with Crippen LogP contribution in [0.5, 0.6) is 0 Å². The molecule has 1 aliphatic rings. The van der Waals surface area contributed by atoms with Crippen LogP contribution in [0.25, 0.3) is 10.9 Å². The number of carbonyl (C=O) groups excluding carboxylic acids is 1. The van der Waals surface area contributed by atoms with Gasteiger partial charge in [0.2, 0.25) is 0 Å². The number of amides is 1. The highest BCUT2D eigenvalue weighted by Crippen LogP contribution is 2.34. The summed E-state index contributed by atoms with van der Waals surface area (Å²) in [6.45, 7) is 8.33. The van der Waals surface area contributed by atoms with Gasteiger partial charge in [-0.3, -0.25) is 4.98 Å². The van der Waals surface area contributed by atoms with E-state index in [1.165, 1.54) is 0 Å². The van der Waals surface area contributed by atoms with Crippen molar-refractivity contribution in [1.82, 2.24) is 9.88 Å². The van der Waals surface area contributed by atoms with Crippen LogP contribution in [-0.4, -0.2) is 47.8 Å². The van der Waals surface area contributed by atoms with Crippen molar-refractivity contribution in [2.45, 2.75) is 26.4 Å². The summed E-state index contributed by atoms with van der Waals surface area (Å²) in [5.74, 6) is 0. The van der Waals surface area contributed by atoms with E-state index >= 15 is 0 Å². The van der Waals surface area contributed by atoms with E-state index in [1.54, 1.807) is 4.90 Å². The summed E-state index contributed by atoms with van der Waals surface area (Å²) in [6, 6.07) is 5.66. The average molecular weight is 427 g/mol. The van der Waals surface area contributed by atoms with Crippen molar-refractivity contribution < 1.29 is 9.53 Å². The lowest BCUT2D eigenvalue weighted by molar-refractivity contribution is 0.0240. The van der Waals surface area contributed by atoms with Crippen LogP contribution >= 0.6 is 27.5 Å². The monoisotopic (exact) mass is 425 g/mol. The molecule has 0 spiro atoms. The van der Waals surface area contributed by atoms with Gasteiger partial charge in [-0.15, -0.1) is 0 Å². The van der Waals surface area contributed by atoms with Crippen molar-refractivity contribution in [2.75, 3.05) is 31.1 Å². The smallest absolute Gasteiger partial charge is 0.410 e. The predicted octanol–water partition coefficient (Wildman–Crippen LogP) is 4.71. The maximum Gasteiger partial charge on any atom is 0.410 e. The molecular weight excluding hydrogens is 406 g/mol. The van der Waals surface area contributed by atoms with Gasteiger partial charge in [-0.05, 0) is 54.9 Å². The molecule has 1 aromatic carbocycles. The Morgan fingerprint density at radius 2 is 1.92 bits per heavy atom. The van der Waals surface area contributed by atoms with Crippen molar-refractivity contribution in [3.05, 3.63) is 33.9 Å². The van der Waals surface area contributed by atoms with Crippen molar-refractivity contribution in [2.24, 2.45) is 0 Å². The summed E-state index contributed by atoms with van der Waals surface area (Å²) in [6.07, 6.45) is 1.61. The van der Waals surface area contributed by atoms with E-state index in [0.717, 1.165) is 34.2 Å². The third-order valence-electron chi connectivity index (χ3n) is 4.02. The number of aromatic nitrogens is 1. The first-order valence-electron chi connectivity index (χ1n) is 8.21. The van der Waals surface area contributed by atoms with E-state index in [-0.39, 0.29) is 6.09 Å². The zero-order chi connectivity index (χ0) is 18.2. The maximum atomic E-state index is 12.2. The van der Waals surface area contributed by atoms with Gasteiger partial charge in [-0.25, -0.2) is 4.79 Å². The largest absolute Gasteiger partial charge is 0.444 e. The Balaban J connectivity index is 1.74. The lowest BCUT2D eigenvalue weighted by Crippen LogP contribution is -2.50. The van der Waals surface area contributed by atoms with E-state index in [4.69, 9.17) is 16.3 Å². The van der Waals surface area contributed by atoms with E-state index in [1.807, 2.05) is 45.2 Å². The molecule has 1 amide bonds. The van der Waals surface area contributed by atoms with Crippen LogP contribution in [0.3, 0.4) is 0 Å². The third kappa shape index (κ3) is 4.18. The first-order chi connectivity index (χ1) is 11.7. The highest BCUT2D eigenvalue weighted by Gasteiger charge is 2.26. The fourth-order valence-corrected chi connectivity index (χ4v) is 3.64. The molecule has 0 atom stereocenters. The minimum Gasteiger partial charge on any atom is -0.444 e. The zero-order valence-electron chi connectivity index (χ0n) is 14.6. The number of pyridine rings is 1. The van der Waals surface area contributed by atoms with Crippen LogP contribution in [0.15, 0.2) is 28.9 Å². The number of hydrogen-bond donors (Lipinski definition) is 0. The predicted molar refractivity (Wildman–Crippen MR) is 104 cm³/mol. The number of rotatable bonds is 1. The number of carbonyl (C=O) groups is 1. The van der Waals surface area contributed by atoms with Gasteiger partial charge in [0.05, 0.1) is 21.9 Å². The van der Waals surface area contributed by atoms with Gasteiger partial charge in [0, 0.05) is 36.6 Å². The Bertz CT molecular complexity index is 799. The first-order valence-corrected chi connectivity index (χ1v) is 9.38. The van der Waals surface area contributed by atoms with Crippen molar-refractivity contribution in [3.63, 3.8) is 0 Å². The van der Waals surface area contributed by atoms with Crippen LogP contribution in [0.4, 0.5) is 10.5 Å². The van der Waals surface area contributed by atoms with Crippen LogP contribution in [-0.2, 0) is 4.74 Å². The highest BCUT2D eigenvalue weighted by molar-refractivity contribution is 9.10. The van der Waals surface area contributed by atoms with Crippen molar-refractivity contribution >= 4 is 50.2 Å². The minimum absolute atomic E-state index is 0.255. The number of anilines is 1. The van der Waals surface area contributed by atoms with Gasteiger partial charge in [0.15, 0.2) is 0 Å². The number of fused-ring (bicyclic) bond motifs is 1. The van der Waals surface area contributed by atoms with Crippen LogP contribution in [0.1, 0.15) is 20.8 Å². The molecule has 7 heteroatoms.